The van der Waals surface area contributed by atoms with Gasteiger partial charge in [-0.15, -0.1) is 0 Å². The number of nitrogens with zero attached hydrogens (tertiary/aromatic N) is 2. The summed E-state index contributed by atoms with van der Waals surface area (Å²) >= 11 is 0. The third-order valence-electron chi connectivity index (χ3n) is 4.77. The van der Waals surface area contributed by atoms with Crippen LogP contribution in [0.1, 0.15) is 21.5 Å². The van der Waals surface area contributed by atoms with Crippen molar-refractivity contribution in [3.63, 3.8) is 0 Å². The van der Waals surface area contributed by atoms with Crippen molar-refractivity contribution in [2.75, 3.05) is 21.1 Å². The van der Waals surface area contributed by atoms with E-state index in [1.54, 1.807) is 50.3 Å². The molecule has 0 aromatic heterocycles. The van der Waals surface area contributed by atoms with Gasteiger partial charge in [0.05, 0.1) is 0 Å². The molecule has 0 unspecified atom stereocenters. The number of hydrogen-bond donors (Lipinski definition) is 2. The van der Waals surface area contributed by atoms with Crippen LogP contribution in [0.4, 0.5) is 4.39 Å². The normalized spacial score (nSPS) is 11.1. The number of carbonyl (C=O) groups excluding carboxylic acids is 1. The number of ether oxygens (including phenoxy) is 1. The van der Waals surface area contributed by atoms with Crippen LogP contribution in [-0.4, -0.2) is 37.9 Å². The number of benzene rings is 3. The van der Waals surface area contributed by atoms with Gasteiger partial charge in [0.25, 0.3) is 5.91 Å². The monoisotopic (exact) mass is 434 g/mol. The van der Waals surface area contributed by atoms with Crippen molar-refractivity contribution >= 4 is 11.9 Å². The Bertz CT molecular complexity index is 1080. The Morgan fingerprint density at radius 2 is 1.53 bits per heavy atom. The molecule has 2 N–H and O–H groups in total. The van der Waals surface area contributed by atoms with Gasteiger partial charge in [-0.3, -0.25) is 9.79 Å². The van der Waals surface area contributed by atoms with Crippen molar-refractivity contribution in [2.24, 2.45) is 4.99 Å². The number of guanidine groups is 1. The lowest BCUT2D eigenvalue weighted by Gasteiger charge is -2.15. The number of carbonyl (C=O) groups is 1. The average molecular weight is 435 g/mol. The summed E-state index contributed by atoms with van der Waals surface area (Å²) in [6.07, 6.45) is 0. The molecule has 7 heteroatoms. The Morgan fingerprint density at radius 3 is 2.19 bits per heavy atom. The van der Waals surface area contributed by atoms with Crippen LogP contribution in [0.5, 0.6) is 11.5 Å². The number of amides is 1. The maximum Gasteiger partial charge on any atom is 0.253 e. The maximum absolute atomic E-state index is 14.0. The first-order valence-corrected chi connectivity index (χ1v) is 10.2. The zero-order valence-corrected chi connectivity index (χ0v) is 18.4. The minimum Gasteiger partial charge on any atom is -0.454 e. The van der Waals surface area contributed by atoms with Crippen molar-refractivity contribution < 1.29 is 13.9 Å². The molecule has 0 heterocycles. The highest BCUT2D eigenvalue weighted by Gasteiger charge is 2.09. The molecule has 0 fully saturated rings. The molecule has 166 valence electrons. The molecule has 0 radical (unpaired) electrons. The van der Waals surface area contributed by atoms with E-state index in [2.05, 4.69) is 15.6 Å². The fourth-order valence-corrected chi connectivity index (χ4v) is 3.00. The Balaban J connectivity index is 1.58. The van der Waals surface area contributed by atoms with Gasteiger partial charge in [-0.25, -0.2) is 4.39 Å². The van der Waals surface area contributed by atoms with Gasteiger partial charge in [0.15, 0.2) is 17.5 Å². The molecule has 1 amide bonds. The van der Waals surface area contributed by atoms with Crippen LogP contribution in [-0.2, 0) is 13.1 Å². The van der Waals surface area contributed by atoms with Crippen molar-refractivity contribution in [2.45, 2.75) is 13.1 Å². The third kappa shape index (κ3) is 6.07. The van der Waals surface area contributed by atoms with Gasteiger partial charge < -0.3 is 20.3 Å². The standard InChI is InChI=1S/C25H27FN4O2/c1-27-25(28-16-18-12-14-19(15-13-18)24(31)30(2)3)29-17-20-8-4-6-10-22(20)32-23-11-7-5-9-21(23)26/h4-15H,16-17H2,1-3H3,(H2,27,28,29). The molecule has 3 rings (SSSR count). The first-order chi connectivity index (χ1) is 15.5. The van der Waals surface area contributed by atoms with E-state index in [0.717, 1.165) is 11.1 Å². The molecule has 32 heavy (non-hydrogen) atoms. The molecule has 0 saturated carbocycles. The molecular weight excluding hydrogens is 407 g/mol. The molecule has 0 saturated heterocycles. The van der Waals surface area contributed by atoms with Gasteiger partial charge in [0.1, 0.15) is 5.75 Å². The number of halogens is 1. The highest BCUT2D eigenvalue weighted by Crippen LogP contribution is 2.27. The number of nitrogens with one attached hydrogen (secondary N) is 2. The largest absolute Gasteiger partial charge is 0.454 e. The Kier molecular flexibility index (Phi) is 7.80. The number of rotatable bonds is 7. The van der Waals surface area contributed by atoms with Gasteiger partial charge in [-0.1, -0.05) is 42.5 Å². The Morgan fingerprint density at radius 1 is 0.906 bits per heavy atom. The summed E-state index contributed by atoms with van der Waals surface area (Å²) in [6, 6.07) is 21.2. The molecule has 0 aliphatic rings. The van der Waals surface area contributed by atoms with Crippen LogP contribution >= 0.6 is 0 Å². The third-order valence-corrected chi connectivity index (χ3v) is 4.77. The Hall–Kier alpha value is -3.87. The molecule has 0 aliphatic heterocycles. The second-order valence-corrected chi connectivity index (χ2v) is 7.32. The summed E-state index contributed by atoms with van der Waals surface area (Å²) in [7, 11) is 5.15. The van der Waals surface area contributed by atoms with Crippen LogP contribution in [0.2, 0.25) is 0 Å². The average Bonchev–Trinajstić information content (AvgIpc) is 2.81. The fraction of sp³-hybridized carbons (Fsp3) is 0.200. The predicted octanol–water partition coefficient (Wildman–Crippen LogP) is 4.19. The van der Waals surface area contributed by atoms with Crippen molar-refractivity contribution in [1.82, 2.24) is 15.5 Å². The predicted molar refractivity (Wildman–Crippen MR) is 124 cm³/mol. The van der Waals surface area contributed by atoms with Crippen molar-refractivity contribution in [1.29, 1.82) is 0 Å². The summed E-state index contributed by atoms with van der Waals surface area (Å²) in [5.74, 6) is 0.920. The van der Waals surface area contributed by atoms with E-state index in [4.69, 9.17) is 4.74 Å². The number of para-hydroxylation sites is 2. The van der Waals surface area contributed by atoms with Crippen LogP contribution in [0.15, 0.2) is 77.8 Å². The zero-order chi connectivity index (χ0) is 22.9. The van der Waals surface area contributed by atoms with Gasteiger partial charge in [0.2, 0.25) is 0 Å². The quantitative estimate of drug-likeness (QED) is 0.432. The fourth-order valence-electron chi connectivity index (χ4n) is 3.00. The van der Waals surface area contributed by atoms with E-state index < -0.39 is 5.82 Å². The van der Waals surface area contributed by atoms with E-state index in [0.29, 0.717) is 30.4 Å². The van der Waals surface area contributed by atoms with Crippen LogP contribution in [0.3, 0.4) is 0 Å². The lowest BCUT2D eigenvalue weighted by atomic mass is 10.1. The minimum absolute atomic E-state index is 0.0294. The van der Waals surface area contributed by atoms with E-state index in [-0.39, 0.29) is 11.7 Å². The van der Waals surface area contributed by atoms with Crippen LogP contribution in [0, 0.1) is 5.82 Å². The molecule has 0 aliphatic carbocycles. The minimum atomic E-state index is -0.411. The second kappa shape index (κ2) is 10.9. The zero-order valence-electron chi connectivity index (χ0n) is 18.4. The molecule has 3 aromatic rings. The summed E-state index contributed by atoms with van der Waals surface area (Å²) < 4.78 is 19.7. The number of aliphatic imine (C=N–C) groups is 1. The summed E-state index contributed by atoms with van der Waals surface area (Å²) in [6.45, 7) is 0.990. The molecule has 6 nitrogen and oxygen atoms in total. The highest BCUT2D eigenvalue weighted by atomic mass is 19.1. The van der Waals surface area contributed by atoms with Crippen LogP contribution in [0.25, 0.3) is 0 Å². The van der Waals surface area contributed by atoms with Gasteiger partial charge in [0, 0.05) is 45.4 Å². The number of hydrogen-bond acceptors (Lipinski definition) is 3. The van der Waals surface area contributed by atoms with Gasteiger partial charge >= 0.3 is 0 Å². The molecule has 0 bridgehead atoms. The topological polar surface area (TPSA) is 66.0 Å². The van der Waals surface area contributed by atoms with E-state index in [9.17, 15) is 9.18 Å². The van der Waals surface area contributed by atoms with E-state index in [1.807, 2.05) is 42.5 Å². The summed E-state index contributed by atoms with van der Waals surface area (Å²) in [4.78, 5) is 17.8. The lowest BCUT2D eigenvalue weighted by molar-refractivity contribution is 0.0827. The molecule has 3 aromatic carbocycles. The summed E-state index contributed by atoms with van der Waals surface area (Å²) in [5, 5.41) is 6.49. The SMILES string of the molecule is CN=C(NCc1ccc(C(=O)N(C)C)cc1)NCc1ccccc1Oc1ccccc1F. The first kappa shape index (κ1) is 22.8. The molecule has 0 spiro atoms. The molecular formula is C25H27FN4O2. The smallest absolute Gasteiger partial charge is 0.253 e. The van der Waals surface area contributed by atoms with Gasteiger partial charge in [-0.2, -0.15) is 0 Å². The van der Waals surface area contributed by atoms with E-state index >= 15 is 0 Å². The Labute approximate surface area is 187 Å². The maximum atomic E-state index is 14.0. The highest BCUT2D eigenvalue weighted by molar-refractivity contribution is 5.93. The second-order valence-electron chi connectivity index (χ2n) is 7.32. The van der Waals surface area contributed by atoms with Crippen molar-refractivity contribution in [3.8, 4) is 11.5 Å². The lowest BCUT2D eigenvalue weighted by Crippen LogP contribution is -2.36. The van der Waals surface area contributed by atoms with Crippen molar-refractivity contribution in [3.05, 3.63) is 95.3 Å². The van der Waals surface area contributed by atoms with Crippen LogP contribution < -0.4 is 15.4 Å². The summed E-state index contributed by atoms with van der Waals surface area (Å²) in [5.41, 5.74) is 2.53. The first-order valence-electron chi connectivity index (χ1n) is 10.2. The molecule has 0 atom stereocenters. The van der Waals surface area contributed by atoms with Gasteiger partial charge in [-0.05, 0) is 35.9 Å². The van der Waals surface area contributed by atoms with E-state index in [1.165, 1.54) is 6.07 Å².